The number of benzene rings is 9. The van der Waals surface area contributed by atoms with Gasteiger partial charge in [-0.1, -0.05) is 164 Å². The van der Waals surface area contributed by atoms with Crippen LogP contribution in [0.2, 0.25) is 0 Å². The van der Waals surface area contributed by atoms with Crippen LogP contribution in [0.4, 0.5) is 0 Å². The Bertz CT molecular complexity index is 3110. The molecule has 0 spiro atoms. The average Bonchev–Trinajstić information content (AvgIpc) is 3.79. The Morgan fingerprint density at radius 3 is 1.52 bits per heavy atom. The minimum atomic E-state index is 0.830. The van der Waals surface area contributed by atoms with Crippen molar-refractivity contribution in [2.45, 2.75) is 0 Å². The maximum atomic E-state index is 7.15. The Morgan fingerprint density at radius 2 is 0.846 bits per heavy atom. The van der Waals surface area contributed by atoms with Crippen LogP contribution in [-0.2, 0) is 0 Å². The van der Waals surface area contributed by atoms with E-state index >= 15 is 0 Å². The van der Waals surface area contributed by atoms with E-state index < -0.39 is 0 Å². The molecule has 2 heteroatoms. The third-order valence-electron chi connectivity index (χ3n) is 10.6. The van der Waals surface area contributed by atoms with Gasteiger partial charge in [0.2, 0.25) is 0 Å². The normalized spacial score (nSPS) is 11.8. The quantitative estimate of drug-likeness (QED) is 0.175. The molecule has 0 saturated carbocycles. The van der Waals surface area contributed by atoms with Crippen LogP contribution in [-0.4, -0.2) is 0 Å². The van der Waals surface area contributed by atoms with Crippen LogP contribution in [0, 0.1) is 0 Å². The van der Waals surface area contributed by atoms with Gasteiger partial charge in [0.05, 0.1) is 0 Å². The molecule has 2 aromatic heterocycles. The first-order valence-electron chi connectivity index (χ1n) is 17.8. The fourth-order valence-electron chi connectivity index (χ4n) is 8.41. The van der Waals surface area contributed by atoms with Gasteiger partial charge in [-0.15, -0.1) is 0 Å². The molecule has 0 aliphatic carbocycles. The summed E-state index contributed by atoms with van der Waals surface area (Å²) in [4.78, 5) is 0. The van der Waals surface area contributed by atoms with Gasteiger partial charge in [0.1, 0.15) is 22.5 Å². The second-order valence-electron chi connectivity index (χ2n) is 13.5. The third-order valence-corrected chi connectivity index (χ3v) is 10.6. The highest BCUT2D eigenvalue weighted by atomic mass is 16.3. The van der Waals surface area contributed by atoms with E-state index in [0.29, 0.717) is 0 Å². The van der Waals surface area contributed by atoms with E-state index in [1.807, 2.05) is 0 Å². The first kappa shape index (κ1) is 28.9. The molecule has 11 rings (SSSR count). The summed E-state index contributed by atoms with van der Waals surface area (Å²) in [7, 11) is 0. The molecule has 0 fully saturated rings. The van der Waals surface area contributed by atoms with Crippen LogP contribution in [0.5, 0.6) is 0 Å². The zero-order valence-corrected chi connectivity index (χ0v) is 28.1. The van der Waals surface area contributed by atoms with Gasteiger partial charge in [-0.2, -0.15) is 0 Å². The molecule has 0 aliphatic rings. The van der Waals surface area contributed by atoms with E-state index in [1.54, 1.807) is 0 Å². The monoisotopic (exact) mass is 662 g/mol. The van der Waals surface area contributed by atoms with Crippen LogP contribution in [0.1, 0.15) is 0 Å². The topological polar surface area (TPSA) is 26.3 Å². The molecule has 0 radical (unpaired) electrons. The Balaban J connectivity index is 1.32. The van der Waals surface area contributed by atoms with Crippen LogP contribution in [0.3, 0.4) is 0 Å². The molecular formula is C50H30O2. The summed E-state index contributed by atoms with van der Waals surface area (Å²) in [6.07, 6.45) is 0. The van der Waals surface area contributed by atoms with Crippen molar-refractivity contribution in [3.05, 3.63) is 182 Å². The standard InChI is InChI=1S/C50H30O2/c1-3-16-32(17-4-1)44-36-21-9-11-23-38(36)46(39-24-12-10-22-37(39)44)41-30-43-48(47-40-25-13-14-26-42(40)51-50(41)47)45(33-18-5-2-6-19-33)49(52-43)35-28-27-31-15-7-8-20-34(31)29-35/h1-30H. The summed E-state index contributed by atoms with van der Waals surface area (Å²) in [6, 6.07) is 64.7. The molecule has 0 atom stereocenters. The van der Waals surface area contributed by atoms with Gasteiger partial charge in [0, 0.05) is 38.4 Å². The molecule has 2 heterocycles. The Labute approximate surface area is 299 Å². The maximum absolute atomic E-state index is 7.15. The SMILES string of the molecule is c1ccc(-c2c3ccccc3c(-c3cc4oc(-c5ccc6ccccc6c5)c(-c5ccccc5)c4c4c3oc3ccccc34)c3ccccc23)cc1. The van der Waals surface area contributed by atoms with E-state index in [-0.39, 0.29) is 0 Å². The molecule has 0 saturated heterocycles. The highest BCUT2D eigenvalue weighted by Gasteiger charge is 2.27. The summed E-state index contributed by atoms with van der Waals surface area (Å²) in [5.74, 6) is 0.852. The van der Waals surface area contributed by atoms with Crippen molar-refractivity contribution >= 4 is 65.2 Å². The fraction of sp³-hybridized carbons (Fsp3) is 0. The minimum absolute atomic E-state index is 0.830. The van der Waals surface area contributed by atoms with Gasteiger partial charge in [0.25, 0.3) is 0 Å². The lowest BCUT2D eigenvalue weighted by Crippen LogP contribution is -1.91. The van der Waals surface area contributed by atoms with Crippen LogP contribution < -0.4 is 0 Å². The predicted octanol–water partition coefficient (Wildman–Crippen LogP) is 14.5. The first-order chi connectivity index (χ1) is 25.8. The third kappa shape index (κ3) is 4.25. The van der Waals surface area contributed by atoms with Crippen LogP contribution in [0.25, 0.3) is 110 Å². The molecule has 0 N–H and O–H groups in total. The van der Waals surface area contributed by atoms with E-state index in [4.69, 9.17) is 8.83 Å². The zero-order chi connectivity index (χ0) is 34.2. The van der Waals surface area contributed by atoms with Gasteiger partial charge in [-0.3, -0.25) is 0 Å². The number of hydrogen-bond acceptors (Lipinski definition) is 2. The molecule has 52 heavy (non-hydrogen) atoms. The molecule has 11 aromatic rings. The number of rotatable bonds is 4. The molecule has 0 aliphatic heterocycles. The first-order valence-corrected chi connectivity index (χ1v) is 17.8. The summed E-state index contributed by atoms with van der Waals surface area (Å²) >= 11 is 0. The highest BCUT2D eigenvalue weighted by Crippen LogP contribution is 2.52. The van der Waals surface area contributed by atoms with Crippen molar-refractivity contribution < 1.29 is 8.83 Å². The van der Waals surface area contributed by atoms with Crippen molar-refractivity contribution in [2.75, 3.05) is 0 Å². The van der Waals surface area contributed by atoms with E-state index in [9.17, 15) is 0 Å². The smallest absolute Gasteiger partial charge is 0.144 e. The van der Waals surface area contributed by atoms with Gasteiger partial charge >= 0.3 is 0 Å². The lowest BCUT2D eigenvalue weighted by molar-refractivity contribution is 0.632. The molecule has 0 bridgehead atoms. The summed E-state index contributed by atoms with van der Waals surface area (Å²) in [5.41, 5.74) is 10.4. The zero-order valence-electron chi connectivity index (χ0n) is 28.1. The van der Waals surface area contributed by atoms with Crippen LogP contribution >= 0.6 is 0 Å². The Kier molecular flexibility index (Phi) is 6.28. The summed E-state index contributed by atoms with van der Waals surface area (Å²) in [6.45, 7) is 0. The van der Waals surface area contributed by atoms with Crippen molar-refractivity contribution in [3.63, 3.8) is 0 Å². The summed E-state index contributed by atoms with van der Waals surface area (Å²) < 4.78 is 14.1. The maximum Gasteiger partial charge on any atom is 0.144 e. The molecule has 242 valence electrons. The van der Waals surface area contributed by atoms with E-state index in [0.717, 1.165) is 66.5 Å². The molecular weight excluding hydrogens is 633 g/mol. The average molecular weight is 663 g/mol. The number of furan rings is 2. The van der Waals surface area contributed by atoms with E-state index in [2.05, 4.69) is 182 Å². The van der Waals surface area contributed by atoms with Crippen molar-refractivity contribution in [1.29, 1.82) is 0 Å². The molecule has 0 unspecified atom stereocenters. The fourth-order valence-corrected chi connectivity index (χ4v) is 8.41. The van der Waals surface area contributed by atoms with Gasteiger partial charge < -0.3 is 8.83 Å². The van der Waals surface area contributed by atoms with Crippen molar-refractivity contribution in [2.24, 2.45) is 0 Å². The second-order valence-corrected chi connectivity index (χ2v) is 13.5. The van der Waals surface area contributed by atoms with E-state index in [1.165, 1.54) is 43.4 Å². The van der Waals surface area contributed by atoms with Crippen molar-refractivity contribution in [1.82, 2.24) is 0 Å². The number of fused-ring (bicyclic) bond motifs is 8. The lowest BCUT2D eigenvalue weighted by atomic mass is 9.85. The largest absolute Gasteiger partial charge is 0.455 e. The number of para-hydroxylation sites is 1. The molecule has 2 nitrogen and oxygen atoms in total. The summed E-state index contributed by atoms with van der Waals surface area (Å²) in [5, 5.41) is 10.3. The predicted molar refractivity (Wildman–Crippen MR) is 218 cm³/mol. The Hall–Kier alpha value is -6.90. The Morgan fingerprint density at radius 1 is 0.308 bits per heavy atom. The minimum Gasteiger partial charge on any atom is -0.455 e. The van der Waals surface area contributed by atoms with Crippen LogP contribution in [0.15, 0.2) is 191 Å². The van der Waals surface area contributed by atoms with Gasteiger partial charge in [0.15, 0.2) is 0 Å². The lowest BCUT2D eigenvalue weighted by Gasteiger charge is -2.18. The molecule has 0 amide bonds. The molecule has 9 aromatic carbocycles. The van der Waals surface area contributed by atoms with Gasteiger partial charge in [-0.25, -0.2) is 0 Å². The second kappa shape index (κ2) is 11.3. The van der Waals surface area contributed by atoms with Gasteiger partial charge in [-0.05, 0) is 67.2 Å². The number of hydrogen-bond donors (Lipinski definition) is 0. The van der Waals surface area contributed by atoms with Crippen molar-refractivity contribution in [3.8, 4) is 44.7 Å². The highest BCUT2D eigenvalue weighted by molar-refractivity contribution is 6.30.